The summed E-state index contributed by atoms with van der Waals surface area (Å²) < 4.78 is 4.68. The van der Waals surface area contributed by atoms with Crippen molar-refractivity contribution in [3.63, 3.8) is 0 Å². The highest BCUT2D eigenvalue weighted by molar-refractivity contribution is 5.71. The molecule has 0 aliphatic rings. The van der Waals surface area contributed by atoms with E-state index in [4.69, 9.17) is 5.11 Å². The molecule has 0 unspecified atom stereocenters. The number of hydrogen-bond acceptors (Lipinski definition) is 3. The predicted octanol–water partition coefficient (Wildman–Crippen LogP) is 0.181. The monoisotopic (exact) mass is 156 g/mol. The van der Waals surface area contributed by atoms with Gasteiger partial charge >= 0.3 is 5.97 Å². The van der Waals surface area contributed by atoms with E-state index in [1.807, 2.05) is 0 Å². The molecule has 11 heavy (non-hydrogen) atoms. The molecule has 0 aromatic heterocycles. The molecule has 62 valence electrons. The maximum absolute atomic E-state index is 10.8. The van der Waals surface area contributed by atoms with Gasteiger partial charge in [0.1, 0.15) is 6.61 Å². The van der Waals surface area contributed by atoms with Crippen LogP contribution in [-0.2, 0) is 9.53 Å². The van der Waals surface area contributed by atoms with Crippen molar-refractivity contribution in [3.05, 3.63) is 0 Å². The van der Waals surface area contributed by atoms with E-state index in [1.54, 1.807) is 13.8 Å². The van der Waals surface area contributed by atoms with Crippen LogP contribution in [0.5, 0.6) is 0 Å². The van der Waals surface area contributed by atoms with Crippen LogP contribution in [-0.4, -0.2) is 24.3 Å². The molecular formula is C8H12O3. The first-order chi connectivity index (χ1) is 5.18. The number of esters is 1. The third-order valence-electron chi connectivity index (χ3n) is 0.962. The van der Waals surface area contributed by atoms with Crippen LogP contribution in [0.1, 0.15) is 13.8 Å². The Balaban J connectivity index is 3.47. The van der Waals surface area contributed by atoms with Crippen LogP contribution in [0.4, 0.5) is 0 Å². The fourth-order valence-electron chi connectivity index (χ4n) is 0.381. The molecule has 0 spiro atoms. The van der Waals surface area contributed by atoms with Gasteiger partial charge in [-0.3, -0.25) is 4.79 Å². The second-order valence-electron chi connectivity index (χ2n) is 2.27. The molecule has 0 aliphatic heterocycles. The standard InChI is InChI=1S/C8H12O3/c1-7(2)8(10)11-6-4-3-5-9/h7,9H,5-6H2,1-2H3. The van der Waals surface area contributed by atoms with Crippen molar-refractivity contribution in [3.8, 4) is 11.8 Å². The summed E-state index contributed by atoms with van der Waals surface area (Å²) in [4.78, 5) is 10.8. The van der Waals surface area contributed by atoms with Gasteiger partial charge < -0.3 is 9.84 Å². The topological polar surface area (TPSA) is 46.5 Å². The predicted molar refractivity (Wildman–Crippen MR) is 40.7 cm³/mol. The number of aliphatic hydroxyl groups excluding tert-OH is 1. The minimum Gasteiger partial charge on any atom is -0.452 e. The Kier molecular flexibility index (Phi) is 5.22. The molecule has 0 saturated carbocycles. The summed E-state index contributed by atoms with van der Waals surface area (Å²) in [6.07, 6.45) is 0. The van der Waals surface area contributed by atoms with Gasteiger partial charge in [0.2, 0.25) is 0 Å². The zero-order valence-corrected chi connectivity index (χ0v) is 6.76. The van der Waals surface area contributed by atoms with Gasteiger partial charge in [-0.1, -0.05) is 25.7 Å². The Bertz CT molecular complexity index is 174. The number of rotatable bonds is 2. The number of aliphatic hydroxyl groups is 1. The van der Waals surface area contributed by atoms with Crippen LogP contribution in [0.25, 0.3) is 0 Å². The lowest BCUT2D eigenvalue weighted by atomic mass is 10.2. The largest absolute Gasteiger partial charge is 0.452 e. The van der Waals surface area contributed by atoms with Gasteiger partial charge in [0.15, 0.2) is 6.61 Å². The maximum Gasteiger partial charge on any atom is 0.309 e. The fourth-order valence-corrected chi connectivity index (χ4v) is 0.381. The molecule has 1 N–H and O–H groups in total. The maximum atomic E-state index is 10.8. The van der Waals surface area contributed by atoms with E-state index in [-0.39, 0.29) is 25.1 Å². The third-order valence-corrected chi connectivity index (χ3v) is 0.962. The molecule has 0 aliphatic carbocycles. The van der Waals surface area contributed by atoms with E-state index in [9.17, 15) is 4.79 Å². The van der Waals surface area contributed by atoms with Crippen molar-refractivity contribution in [2.75, 3.05) is 13.2 Å². The summed E-state index contributed by atoms with van der Waals surface area (Å²) in [5.74, 6) is 4.46. The molecule has 0 amide bonds. The van der Waals surface area contributed by atoms with Gasteiger partial charge in [0.05, 0.1) is 5.92 Å². The first-order valence-corrected chi connectivity index (χ1v) is 3.41. The molecule has 3 nitrogen and oxygen atoms in total. The number of carbonyl (C=O) groups excluding carboxylic acids is 1. The van der Waals surface area contributed by atoms with Crippen LogP contribution < -0.4 is 0 Å². The molecule has 0 radical (unpaired) electrons. The van der Waals surface area contributed by atoms with Crippen molar-refractivity contribution in [2.45, 2.75) is 13.8 Å². The highest BCUT2D eigenvalue weighted by Crippen LogP contribution is 1.94. The first-order valence-electron chi connectivity index (χ1n) is 3.41. The molecule has 0 rings (SSSR count). The van der Waals surface area contributed by atoms with Crippen molar-refractivity contribution in [2.24, 2.45) is 5.92 Å². The average molecular weight is 156 g/mol. The molecule has 0 saturated heterocycles. The zero-order valence-electron chi connectivity index (χ0n) is 6.76. The van der Waals surface area contributed by atoms with Crippen molar-refractivity contribution >= 4 is 5.97 Å². The Labute approximate surface area is 66.4 Å². The Morgan fingerprint density at radius 2 is 2.18 bits per heavy atom. The van der Waals surface area contributed by atoms with Crippen molar-refractivity contribution in [1.29, 1.82) is 0 Å². The van der Waals surface area contributed by atoms with Gasteiger partial charge in [0.25, 0.3) is 0 Å². The second kappa shape index (κ2) is 5.75. The second-order valence-corrected chi connectivity index (χ2v) is 2.27. The SMILES string of the molecule is CC(C)C(=O)OCC#CCO. The minimum atomic E-state index is -0.266. The van der Waals surface area contributed by atoms with Gasteiger partial charge in [-0.15, -0.1) is 0 Å². The summed E-state index contributed by atoms with van der Waals surface area (Å²) in [6, 6.07) is 0. The smallest absolute Gasteiger partial charge is 0.309 e. The van der Waals surface area contributed by atoms with E-state index >= 15 is 0 Å². The van der Waals surface area contributed by atoms with E-state index in [0.29, 0.717) is 0 Å². The van der Waals surface area contributed by atoms with Crippen molar-refractivity contribution in [1.82, 2.24) is 0 Å². The number of carbonyl (C=O) groups is 1. The molecular weight excluding hydrogens is 144 g/mol. The fraction of sp³-hybridized carbons (Fsp3) is 0.625. The number of hydrogen-bond donors (Lipinski definition) is 1. The van der Waals surface area contributed by atoms with Gasteiger partial charge in [-0.2, -0.15) is 0 Å². The molecule has 0 atom stereocenters. The highest BCUT2D eigenvalue weighted by atomic mass is 16.5. The lowest BCUT2D eigenvalue weighted by Gasteiger charge is -2.01. The van der Waals surface area contributed by atoms with Crippen molar-refractivity contribution < 1.29 is 14.6 Å². The normalized spacial score (nSPS) is 8.73. The van der Waals surface area contributed by atoms with Crippen LogP contribution in [0.15, 0.2) is 0 Å². The Morgan fingerprint density at radius 3 is 2.64 bits per heavy atom. The molecule has 0 aromatic rings. The third kappa shape index (κ3) is 5.43. The van der Waals surface area contributed by atoms with Crippen LogP contribution in [0.3, 0.4) is 0 Å². The van der Waals surface area contributed by atoms with Crippen LogP contribution in [0, 0.1) is 17.8 Å². The lowest BCUT2D eigenvalue weighted by molar-refractivity contribution is -0.145. The van der Waals surface area contributed by atoms with Gasteiger partial charge in [-0.05, 0) is 0 Å². The van der Waals surface area contributed by atoms with Crippen LogP contribution in [0.2, 0.25) is 0 Å². The summed E-state index contributed by atoms with van der Waals surface area (Å²) in [5.41, 5.74) is 0. The molecule has 0 bridgehead atoms. The van der Waals surface area contributed by atoms with Gasteiger partial charge in [0, 0.05) is 0 Å². The summed E-state index contributed by atoms with van der Waals surface area (Å²) in [6.45, 7) is 3.38. The summed E-state index contributed by atoms with van der Waals surface area (Å²) in [5, 5.41) is 8.23. The molecule has 0 aromatic carbocycles. The van der Waals surface area contributed by atoms with E-state index < -0.39 is 0 Å². The molecule has 0 heterocycles. The highest BCUT2D eigenvalue weighted by Gasteiger charge is 2.05. The lowest BCUT2D eigenvalue weighted by Crippen LogP contribution is -2.11. The average Bonchev–Trinajstić information content (AvgIpc) is 1.97. The van der Waals surface area contributed by atoms with Crippen LogP contribution >= 0.6 is 0 Å². The number of ether oxygens (including phenoxy) is 1. The van der Waals surface area contributed by atoms with Gasteiger partial charge in [-0.25, -0.2) is 0 Å². The Hall–Kier alpha value is -1.01. The molecule has 0 fully saturated rings. The first kappa shape index (κ1) is 9.99. The summed E-state index contributed by atoms with van der Waals surface area (Å²) in [7, 11) is 0. The van der Waals surface area contributed by atoms with E-state index in [0.717, 1.165) is 0 Å². The quantitative estimate of drug-likeness (QED) is 0.458. The zero-order chi connectivity index (χ0) is 8.69. The summed E-state index contributed by atoms with van der Waals surface area (Å²) >= 11 is 0. The Morgan fingerprint density at radius 1 is 1.55 bits per heavy atom. The minimum absolute atomic E-state index is 0.0670. The molecule has 3 heteroatoms. The van der Waals surface area contributed by atoms with E-state index in [1.165, 1.54) is 0 Å². The van der Waals surface area contributed by atoms with E-state index in [2.05, 4.69) is 16.6 Å².